The molecule has 0 saturated carbocycles. The Morgan fingerprint density at radius 2 is 1.80 bits per heavy atom. The van der Waals surface area contributed by atoms with Crippen LogP contribution in [0.4, 0.5) is 0 Å². The van der Waals surface area contributed by atoms with Gasteiger partial charge in [0.05, 0.1) is 5.56 Å². The molecular formula is C18H21N3O4. The highest BCUT2D eigenvalue weighted by Gasteiger charge is 2.42. The van der Waals surface area contributed by atoms with Crippen molar-refractivity contribution in [3.8, 4) is 0 Å². The minimum atomic E-state index is -0.310. The maximum Gasteiger partial charge on any atom is 0.280 e. The molecule has 0 aromatic carbocycles. The first-order valence-corrected chi connectivity index (χ1v) is 8.86. The third kappa shape index (κ3) is 2.82. The molecule has 3 aliphatic heterocycles. The SMILES string of the molecule is O=C(C1CCOCC1)N1CCC(N2C(=O)c3cccnc3C2=O)CC1. The second-order valence-electron chi connectivity index (χ2n) is 6.82. The molecule has 7 nitrogen and oxygen atoms in total. The fourth-order valence-electron chi connectivity index (χ4n) is 3.96. The summed E-state index contributed by atoms with van der Waals surface area (Å²) < 4.78 is 5.32. The van der Waals surface area contributed by atoms with E-state index >= 15 is 0 Å². The summed E-state index contributed by atoms with van der Waals surface area (Å²) in [6, 6.07) is 3.16. The van der Waals surface area contributed by atoms with Crippen LogP contribution >= 0.6 is 0 Å². The Kier molecular flexibility index (Phi) is 4.25. The summed E-state index contributed by atoms with van der Waals surface area (Å²) >= 11 is 0. The van der Waals surface area contributed by atoms with Gasteiger partial charge in [-0.25, -0.2) is 0 Å². The van der Waals surface area contributed by atoms with E-state index in [1.807, 2.05) is 4.90 Å². The summed E-state index contributed by atoms with van der Waals surface area (Å²) in [7, 11) is 0. The van der Waals surface area contributed by atoms with Crippen LogP contribution in [0.1, 0.15) is 46.5 Å². The number of ether oxygens (including phenoxy) is 1. The quantitative estimate of drug-likeness (QED) is 0.751. The molecule has 1 aromatic heterocycles. The second-order valence-corrected chi connectivity index (χ2v) is 6.82. The third-order valence-corrected chi connectivity index (χ3v) is 5.39. The number of piperidine rings is 1. The lowest BCUT2D eigenvalue weighted by atomic mass is 9.96. The Bertz CT molecular complexity index is 671. The lowest BCUT2D eigenvalue weighted by Gasteiger charge is -2.37. The number of likely N-dealkylation sites (tertiary alicyclic amines) is 1. The summed E-state index contributed by atoms with van der Waals surface area (Å²) in [5, 5.41) is 0. The minimum Gasteiger partial charge on any atom is -0.381 e. The summed E-state index contributed by atoms with van der Waals surface area (Å²) in [4.78, 5) is 44.9. The average Bonchev–Trinajstić information content (AvgIpc) is 2.93. The molecule has 0 aliphatic carbocycles. The Morgan fingerprint density at radius 1 is 1.08 bits per heavy atom. The predicted octanol–water partition coefficient (Wildman–Crippen LogP) is 1.10. The van der Waals surface area contributed by atoms with Crippen molar-refractivity contribution in [1.29, 1.82) is 0 Å². The van der Waals surface area contributed by atoms with Crippen LogP contribution in [0.2, 0.25) is 0 Å². The zero-order valence-corrected chi connectivity index (χ0v) is 14.0. The lowest BCUT2D eigenvalue weighted by Crippen LogP contribution is -2.50. The molecule has 0 N–H and O–H groups in total. The van der Waals surface area contributed by atoms with Crippen molar-refractivity contribution in [2.75, 3.05) is 26.3 Å². The van der Waals surface area contributed by atoms with Gasteiger partial charge in [0, 0.05) is 44.5 Å². The Balaban J connectivity index is 1.40. The largest absolute Gasteiger partial charge is 0.381 e. The number of fused-ring (bicyclic) bond motifs is 1. The summed E-state index contributed by atoms with van der Waals surface area (Å²) in [6.07, 6.45) is 4.34. The number of amides is 3. The summed E-state index contributed by atoms with van der Waals surface area (Å²) in [6.45, 7) is 2.47. The standard InChI is InChI=1S/C18H21N3O4/c22-16(12-5-10-25-11-6-12)20-8-3-13(4-9-20)21-17(23)14-2-1-7-19-15(14)18(21)24/h1-2,7,12-13H,3-6,8-11H2. The van der Waals surface area contributed by atoms with Crippen LogP contribution in [0.15, 0.2) is 18.3 Å². The van der Waals surface area contributed by atoms with Crippen molar-refractivity contribution in [2.24, 2.45) is 5.92 Å². The third-order valence-electron chi connectivity index (χ3n) is 5.39. The molecule has 4 rings (SSSR count). The van der Waals surface area contributed by atoms with Gasteiger partial charge in [-0.1, -0.05) is 0 Å². The molecule has 132 valence electrons. The molecule has 2 fully saturated rings. The van der Waals surface area contributed by atoms with Crippen LogP contribution in [0.25, 0.3) is 0 Å². The highest BCUT2D eigenvalue weighted by Crippen LogP contribution is 2.28. The molecule has 25 heavy (non-hydrogen) atoms. The summed E-state index contributed by atoms with van der Waals surface area (Å²) in [5.41, 5.74) is 0.626. The highest BCUT2D eigenvalue weighted by molar-refractivity contribution is 6.20. The van der Waals surface area contributed by atoms with Crippen LogP contribution < -0.4 is 0 Å². The van der Waals surface area contributed by atoms with E-state index in [1.165, 1.54) is 11.1 Å². The maximum absolute atomic E-state index is 12.6. The molecule has 1 aromatic rings. The Labute approximate surface area is 145 Å². The Morgan fingerprint density at radius 3 is 2.48 bits per heavy atom. The summed E-state index contributed by atoms with van der Waals surface area (Å²) in [5.74, 6) is -0.336. The Hall–Kier alpha value is -2.28. The number of imide groups is 1. The van der Waals surface area contributed by atoms with E-state index in [0.717, 1.165) is 12.8 Å². The zero-order valence-electron chi connectivity index (χ0n) is 14.0. The average molecular weight is 343 g/mol. The van der Waals surface area contributed by atoms with Crippen LogP contribution in [0.3, 0.4) is 0 Å². The van der Waals surface area contributed by atoms with Crippen molar-refractivity contribution < 1.29 is 19.1 Å². The number of carbonyl (C=O) groups excluding carboxylic acids is 3. The van der Waals surface area contributed by atoms with Crippen LogP contribution in [0, 0.1) is 5.92 Å². The fraction of sp³-hybridized carbons (Fsp3) is 0.556. The number of hydrogen-bond donors (Lipinski definition) is 0. The molecule has 3 aliphatic rings. The van der Waals surface area contributed by atoms with Crippen molar-refractivity contribution in [2.45, 2.75) is 31.7 Å². The normalized spacial score (nSPS) is 22.4. The molecule has 0 spiro atoms. The van der Waals surface area contributed by atoms with Crippen molar-refractivity contribution in [3.05, 3.63) is 29.6 Å². The highest BCUT2D eigenvalue weighted by atomic mass is 16.5. The van der Waals surface area contributed by atoms with Crippen molar-refractivity contribution in [3.63, 3.8) is 0 Å². The first kappa shape index (κ1) is 16.2. The molecule has 0 bridgehead atoms. The fourth-order valence-corrected chi connectivity index (χ4v) is 3.96. The van der Waals surface area contributed by atoms with E-state index in [4.69, 9.17) is 4.74 Å². The monoisotopic (exact) mass is 343 g/mol. The second kappa shape index (κ2) is 6.55. The zero-order chi connectivity index (χ0) is 17.4. The van der Waals surface area contributed by atoms with Gasteiger partial charge in [0.1, 0.15) is 5.69 Å². The number of hydrogen-bond acceptors (Lipinski definition) is 5. The van der Waals surface area contributed by atoms with E-state index in [-0.39, 0.29) is 35.4 Å². The van der Waals surface area contributed by atoms with Gasteiger partial charge in [-0.2, -0.15) is 0 Å². The van der Waals surface area contributed by atoms with E-state index in [0.29, 0.717) is 44.7 Å². The molecule has 4 heterocycles. The molecule has 3 amide bonds. The van der Waals surface area contributed by atoms with Crippen LogP contribution in [-0.4, -0.2) is 64.9 Å². The topological polar surface area (TPSA) is 79.8 Å². The van der Waals surface area contributed by atoms with E-state index < -0.39 is 0 Å². The van der Waals surface area contributed by atoms with Gasteiger partial charge < -0.3 is 9.64 Å². The van der Waals surface area contributed by atoms with Gasteiger partial charge in [0.15, 0.2) is 0 Å². The van der Waals surface area contributed by atoms with Crippen molar-refractivity contribution >= 4 is 17.7 Å². The molecule has 0 atom stereocenters. The van der Waals surface area contributed by atoms with Crippen LogP contribution in [0.5, 0.6) is 0 Å². The van der Waals surface area contributed by atoms with Crippen LogP contribution in [-0.2, 0) is 9.53 Å². The van der Waals surface area contributed by atoms with E-state index in [2.05, 4.69) is 4.98 Å². The van der Waals surface area contributed by atoms with Gasteiger partial charge >= 0.3 is 0 Å². The number of rotatable bonds is 2. The van der Waals surface area contributed by atoms with Gasteiger partial charge in [-0.05, 0) is 37.8 Å². The van der Waals surface area contributed by atoms with E-state index in [9.17, 15) is 14.4 Å². The maximum atomic E-state index is 12.6. The lowest BCUT2D eigenvalue weighted by molar-refractivity contribution is -0.139. The van der Waals surface area contributed by atoms with Gasteiger partial charge in [-0.15, -0.1) is 0 Å². The number of carbonyl (C=O) groups is 3. The molecule has 0 unspecified atom stereocenters. The molecule has 0 radical (unpaired) electrons. The molecular weight excluding hydrogens is 322 g/mol. The van der Waals surface area contributed by atoms with Crippen molar-refractivity contribution in [1.82, 2.24) is 14.8 Å². The predicted molar refractivity (Wildman–Crippen MR) is 87.9 cm³/mol. The smallest absolute Gasteiger partial charge is 0.280 e. The van der Waals surface area contributed by atoms with E-state index in [1.54, 1.807) is 12.1 Å². The van der Waals surface area contributed by atoms with Gasteiger partial charge in [0.2, 0.25) is 5.91 Å². The number of aromatic nitrogens is 1. The minimum absolute atomic E-state index is 0.0498. The molecule has 7 heteroatoms. The van der Waals surface area contributed by atoms with Gasteiger partial charge in [-0.3, -0.25) is 24.3 Å². The van der Waals surface area contributed by atoms with Gasteiger partial charge in [0.25, 0.3) is 11.8 Å². The first-order valence-electron chi connectivity index (χ1n) is 8.86. The number of pyridine rings is 1. The molecule has 2 saturated heterocycles. The number of nitrogens with zero attached hydrogens (tertiary/aromatic N) is 3. The first-order chi connectivity index (χ1) is 12.2.